The quantitative estimate of drug-likeness (QED) is 0.720. The van der Waals surface area contributed by atoms with Crippen LogP contribution in [-0.2, 0) is 6.42 Å². The summed E-state index contributed by atoms with van der Waals surface area (Å²) in [5.41, 5.74) is 3.52. The zero-order valence-electron chi connectivity index (χ0n) is 12.5. The Morgan fingerprint density at radius 1 is 1.13 bits per heavy atom. The summed E-state index contributed by atoms with van der Waals surface area (Å²) in [6.07, 6.45) is 2.18. The van der Waals surface area contributed by atoms with Crippen molar-refractivity contribution < 1.29 is 4.74 Å². The van der Waals surface area contributed by atoms with Gasteiger partial charge >= 0.3 is 0 Å². The highest BCUT2D eigenvalue weighted by molar-refractivity contribution is 6.30. The monoisotopic (exact) mass is 323 g/mol. The molecule has 0 aliphatic rings. The maximum Gasteiger partial charge on any atom is 0.119 e. The molecule has 0 bridgehead atoms. The molecule has 0 N–H and O–H groups in total. The minimum absolute atomic E-state index is 0.300. The summed E-state index contributed by atoms with van der Waals surface area (Å²) in [7, 11) is 1.63. The highest BCUT2D eigenvalue weighted by Gasteiger charge is 2.12. The lowest BCUT2D eigenvalue weighted by atomic mass is 10.1. The number of nitrogens with zero attached hydrogens (tertiary/aromatic N) is 3. The largest absolute Gasteiger partial charge is 0.497 e. The summed E-state index contributed by atoms with van der Waals surface area (Å²) >= 11 is 5.94. The summed E-state index contributed by atoms with van der Waals surface area (Å²) in [4.78, 5) is 0. The van der Waals surface area contributed by atoms with Gasteiger partial charge in [-0.25, -0.2) is 4.68 Å². The Morgan fingerprint density at radius 2 is 1.83 bits per heavy atom. The number of hydrogen-bond acceptors (Lipinski definition) is 3. The molecule has 4 nitrogen and oxygen atoms in total. The Morgan fingerprint density at radius 3 is 2.43 bits per heavy atom. The smallest absolute Gasteiger partial charge is 0.119 e. The molecule has 0 saturated heterocycles. The second-order valence-corrected chi connectivity index (χ2v) is 5.42. The van der Waals surface area contributed by atoms with Gasteiger partial charge in [0.1, 0.15) is 5.75 Å². The van der Waals surface area contributed by atoms with E-state index in [4.69, 9.17) is 21.6 Å². The maximum absolute atomic E-state index is 9.06. The van der Waals surface area contributed by atoms with E-state index in [-0.39, 0.29) is 0 Å². The van der Waals surface area contributed by atoms with Crippen LogP contribution < -0.4 is 4.74 Å². The SMILES string of the molecule is COc1ccc(-n2cc(CC#N)c(-c3ccc(Cl)cc3)n2)cc1. The Labute approximate surface area is 139 Å². The zero-order chi connectivity index (χ0) is 16.2. The van der Waals surface area contributed by atoms with Gasteiger partial charge in [-0.05, 0) is 36.4 Å². The first-order valence-electron chi connectivity index (χ1n) is 7.07. The molecule has 5 heteroatoms. The summed E-state index contributed by atoms with van der Waals surface area (Å²) in [6.45, 7) is 0. The standard InChI is InChI=1S/C18H14ClN3O/c1-23-17-8-6-16(7-9-17)22-12-14(10-11-20)18(21-22)13-2-4-15(19)5-3-13/h2-9,12H,10H2,1H3. The van der Waals surface area contributed by atoms with Gasteiger partial charge in [-0.3, -0.25) is 0 Å². The van der Waals surface area contributed by atoms with E-state index >= 15 is 0 Å². The lowest BCUT2D eigenvalue weighted by molar-refractivity contribution is 0.414. The maximum atomic E-state index is 9.06. The Kier molecular flexibility index (Phi) is 4.31. The van der Waals surface area contributed by atoms with Crippen molar-refractivity contribution >= 4 is 11.6 Å². The first-order chi connectivity index (χ1) is 11.2. The topological polar surface area (TPSA) is 50.8 Å². The molecule has 3 rings (SSSR count). The summed E-state index contributed by atoms with van der Waals surface area (Å²) in [6, 6.07) is 17.2. The molecule has 0 atom stereocenters. The summed E-state index contributed by atoms with van der Waals surface area (Å²) in [5, 5.41) is 14.4. The van der Waals surface area contributed by atoms with Gasteiger partial charge in [0.15, 0.2) is 0 Å². The normalized spacial score (nSPS) is 10.3. The fourth-order valence-corrected chi connectivity index (χ4v) is 2.47. The number of halogens is 1. The molecular formula is C18H14ClN3O. The van der Waals surface area contributed by atoms with Crippen LogP contribution in [0.5, 0.6) is 5.75 Å². The Bertz CT molecular complexity index is 845. The highest BCUT2D eigenvalue weighted by Crippen LogP contribution is 2.26. The van der Waals surface area contributed by atoms with E-state index < -0.39 is 0 Å². The van der Waals surface area contributed by atoms with Crippen molar-refractivity contribution in [3.05, 3.63) is 65.3 Å². The van der Waals surface area contributed by atoms with Crippen molar-refractivity contribution in [1.29, 1.82) is 5.26 Å². The van der Waals surface area contributed by atoms with Gasteiger partial charge in [0.05, 0.1) is 31.0 Å². The van der Waals surface area contributed by atoms with Gasteiger partial charge in [0.2, 0.25) is 0 Å². The van der Waals surface area contributed by atoms with Crippen LogP contribution in [0.2, 0.25) is 5.02 Å². The molecular weight excluding hydrogens is 310 g/mol. The van der Waals surface area contributed by atoms with Crippen LogP contribution in [-0.4, -0.2) is 16.9 Å². The molecule has 0 saturated carbocycles. The van der Waals surface area contributed by atoms with Crippen LogP contribution in [0.25, 0.3) is 16.9 Å². The average Bonchev–Trinajstić information content (AvgIpc) is 3.00. The predicted octanol–water partition coefficient (Wildman–Crippen LogP) is 4.27. The van der Waals surface area contributed by atoms with E-state index in [0.717, 1.165) is 28.3 Å². The average molecular weight is 324 g/mol. The number of ether oxygens (including phenoxy) is 1. The van der Waals surface area contributed by atoms with E-state index in [2.05, 4.69) is 11.2 Å². The molecule has 1 heterocycles. The van der Waals surface area contributed by atoms with E-state index in [0.29, 0.717) is 11.4 Å². The predicted molar refractivity (Wildman–Crippen MR) is 89.9 cm³/mol. The number of rotatable bonds is 4. The molecule has 114 valence electrons. The van der Waals surface area contributed by atoms with Crippen molar-refractivity contribution in [1.82, 2.24) is 9.78 Å². The van der Waals surface area contributed by atoms with Gasteiger partial charge in [0, 0.05) is 22.3 Å². The molecule has 0 unspecified atom stereocenters. The van der Waals surface area contributed by atoms with Gasteiger partial charge in [-0.15, -0.1) is 0 Å². The lowest BCUT2D eigenvalue weighted by Crippen LogP contribution is -1.95. The number of nitriles is 1. The summed E-state index contributed by atoms with van der Waals surface area (Å²) in [5.74, 6) is 0.788. The molecule has 0 amide bonds. The molecule has 0 aliphatic carbocycles. The Balaban J connectivity index is 2.04. The third-order valence-electron chi connectivity index (χ3n) is 3.51. The minimum atomic E-state index is 0.300. The van der Waals surface area contributed by atoms with Crippen LogP contribution in [0, 0.1) is 11.3 Å². The first kappa shape index (κ1) is 15.1. The van der Waals surface area contributed by atoms with Crippen molar-refractivity contribution in [2.45, 2.75) is 6.42 Å². The molecule has 3 aromatic rings. The van der Waals surface area contributed by atoms with Crippen molar-refractivity contribution in [2.24, 2.45) is 0 Å². The molecule has 0 radical (unpaired) electrons. The van der Waals surface area contributed by atoms with Crippen LogP contribution in [0.15, 0.2) is 54.7 Å². The van der Waals surface area contributed by atoms with Gasteiger partial charge < -0.3 is 4.74 Å². The molecule has 0 spiro atoms. The van der Waals surface area contributed by atoms with E-state index in [1.54, 1.807) is 11.8 Å². The van der Waals surface area contributed by atoms with Crippen molar-refractivity contribution in [3.63, 3.8) is 0 Å². The first-order valence-corrected chi connectivity index (χ1v) is 7.45. The minimum Gasteiger partial charge on any atom is -0.497 e. The molecule has 0 fully saturated rings. The number of methoxy groups -OCH3 is 1. The zero-order valence-corrected chi connectivity index (χ0v) is 13.3. The lowest BCUT2D eigenvalue weighted by Gasteiger charge is -2.03. The molecule has 1 aromatic heterocycles. The fourth-order valence-electron chi connectivity index (χ4n) is 2.34. The molecule has 0 aliphatic heterocycles. The second-order valence-electron chi connectivity index (χ2n) is 4.99. The fraction of sp³-hybridized carbons (Fsp3) is 0.111. The van der Waals surface area contributed by atoms with Crippen LogP contribution >= 0.6 is 11.6 Å². The van der Waals surface area contributed by atoms with E-state index in [1.807, 2.05) is 54.7 Å². The number of hydrogen-bond donors (Lipinski definition) is 0. The second kappa shape index (κ2) is 6.55. The van der Waals surface area contributed by atoms with Crippen LogP contribution in [0.3, 0.4) is 0 Å². The number of benzene rings is 2. The van der Waals surface area contributed by atoms with Crippen molar-refractivity contribution in [3.8, 4) is 28.8 Å². The number of aromatic nitrogens is 2. The van der Waals surface area contributed by atoms with Gasteiger partial charge in [-0.2, -0.15) is 10.4 Å². The van der Waals surface area contributed by atoms with Crippen LogP contribution in [0.1, 0.15) is 5.56 Å². The third-order valence-corrected chi connectivity index (χ3v) is 3.77. The van der Waals surface area contributed by atoms with E-state index in [1.165, 1.54) is 0 Å². The highest BCUT2D eigenvalue weighted by atomic mass is 35.5. The van der Waals surface area contributed by atoms with Crippen molar-refractivity contribution in [2.75, 3.05) is 7.11 Å². The Hall–Kier alpha value is -2.77. The van der Waals surface area contributed by atoms with Gasteiger partial charge in [-0.1, -0.05) is 23.7 Å². The van der Waals surface area contributed by atoms with Crippen LogP contribution in [0.4, 0.5) is 0 Å². The molecule has 2 aromatic carbocycles. The third kappa shape index (κ3) is 3.20. The van der Waals surface area contributed by atoms with Gasteiger partial charge in [0.25, 0.3) is 0 Å². The molecule has 23 heavy (non-hydrogen) atoms. The van der Waals surface area contributed by atoms with E-state index in [9.17, 15) is 0 Å². The summed E-state index contributed by atoms with van der Waals surface area (Å²) < 4.78 is 6.94.